The van der Waals surface area contributed by atoms with E-state index in [2.05, 4.69) is 4.99 Å². The molecule has 2 aromatic heterocycles. The lowest BCUT2D eigenvalue weighted by atomic mass is 10.2. The molecule has 9 nitrogen and oxygen atoms in total. The lowest BCUT2D eigenvalue weighted by molar-refractivity contribution is -0.121. The van der Waals surface area contributed by atoms with Crippen LogP contribution in [0.25, 0.3) is 10.2 Å². The van der Waals surface area contributed by atoms with Crippen LogP contribution in [0, 0.1) is 0 Å². The van der Waals surface area contributed by atoms with E-state index in [1.165, 1.54) is 27.8 Å². The van der Waals surface area contributed by atoms with Gasteiger partial charge in [0.1, 0.15) is 10.3 Å². The highest BCUT2D eigenvalue weighted by Gasteiger charge is 2.40. The van der Waals surface area contributed by atoms with E-state index in [1.54, 1.807) is 25.1 Å². The number of hydrogen-bond donors (Lipinski definition) is 0. The Morgan fingerprint density at radius 3 is 2.67 bits per heavy atom. The van der Waals surface area contributed by atoms with E-state index >= 15 is 0 Å². The SMILES string of the molecule is CCOCCn1c(=NC(=O)C2CCCN2S(=O)(=O)c2ccc(Cl)s2)sc2cc(C(=O)OCC)ccc21. The van der Waals surface area contributed by atoms with Gasteiger partial charge in [0.2, 0.25) is 0 Å². The molecule has 3 aromatic rings. The number of carbonyl (C=O) groups is 2. The van der Waals surface area contributed by atoms with Crippen molar-refractivity contribution in [2.24, 2.45) is 4.99 Å². The standard InChI is InChI=1S/C23H26ClN3O6S3/c1-3-32-13-12-26-16-8-7-15(22(29)33-4-2)14-18(16)34-23(26)25-21(28)17-6-5-11-27(17)36(30,31)20-10-9-19(24)35-20/h7-10,14,17H,3-6,11-13H2,1-2H3. The maximum Gasteiger partial charge on any atom is 0.338 e. The normalized spacial score (nSPS) is 17.2. The number of fused-ring (bicyclic) bond motifs is 1. The molecule has 1 atom stereocenters. The average molecular weight is 572 g/mol. The van der Waals surface area contributed by atoms with Crippen LogP contribution in [0.15, 0.2) is 39.5 Å². The number of halogens is 1. The number of hydrogen-bond acceptors (Lipinski definition) is 8. The molecule has 1 amide bonds. The number of aromatic nitrogens is 1. The van der Waals surface area contributed by atoms with Gasteiger partial charge in [0.05, 0.1) is 33.3 Å². The van der Waals surface area contributed by atoms with Crippen molar-refractivity contribution in [1.29, 1.82) is 0 Å². The average Bonchev–Trinajstić information content (AvgIpc) is 3.58. The fourth-order valence-electron chi connectivity index (χ4n) is 4.01. The second-order valence-electron chi connectivity index (χ2n) is 7.92. The van der Waals surface area contributed by atoms with Crippen molar-refractivity contribution in [1.82, 2.24) is 8.87 Å². The van der Waals surface area contributed by atoms with Crippen LogP contribution in [-0.2, 0) is 30.8 Å². The van der Waals surface area contributed by atoms with Crippen LogP contribution in [0.5, 0.6) is 0 Å². The van der Waals surface area contributed by atoms with Crippen LogP contribution in [0.3, 0.4) is 0 Å². The predicted octanol–water partition coefficient (Wildman–Crippen LogP) is 3.91. The molecule has 1 saturated heterocycles. The van der Waals surface area contributed by atoms with E-state index in [-0.39, 0.29) is 17.4 Å². The Balaban J connectivity index is 1.71. The quantitative estimate of drug-likeness (QED) is 0.285. The molecule has 0 N–H and O–H groups in total. The van der Waals surface area contributed by atoms with Crippen LogP contribution in [0.2, 0.25) is 4.34 Å². The fourth-order valence-corrected chi connectivity index (χ4v) is 8.38. The first-order valence-corrected chi connectivity index (χ1v) is 14.9. The summed E-state index contributed by atoms with van der Waals surface area (Å²) in [4.78, 5) is 30.3. The third-order valence-electron chi connectivity index (χ3n) is 5.66. The minimum absolute atomic E-state index is 0.104. The number of thiazole rings is 1. The van der Waals surface area contributed by atoms with Crippen molar-refractivity contribution in [3.63, 3.8) is 0 Å². The Bertz CT molecular complexity index is 1440. The summed E-state index contributed by atoms with van der Waals surface area (Å²) in [6.07, 6.45) is 0.946. The molecule has 0 bridgehead atoms. The number of thiophene rings is 1. The zero-order chi connectivity index (χ0) is 25.9. The highest BCUT2D eigenvalue weighted by atomic mass is 35.5. The number of nitrogens with zero attached hydrogens (tertiary/aromatic N) is 3. The van der Waals surface area contributed by atoms with Crippen molar-refractivity contribution in [2.75, 3.05) is 26.4 Å². The van der Waals surface area contributed by atoms with E-state index in [4.69, 9.17) is 21.1 Å². The molecule has 0 radical (unpaired) electrons. The number of sulfonamides is 1. The summed E-state index contributed by atoms with van der Waals surface area (Å²) in [6, 6.07) is 7.27. The van der Waals surface area contributed by atoms with E-state index in [1.807, 2.05) is 11.5 Å². The van der Waals surface area contributed by atoms with E-state index in [0.29, 0.717) is 47.3 Å². The van der Waals surface area contributed by atoms with Crippen molar-refractivity contribution >= 4 is 66.4 Å². The third-order valence-corrected chi connectivity index (χ3v) is 10.3. The molecular weight excluding hydrogens is 546 g/mol. The number of esters is 1. The van der Waals surface area contributed by atoms with Gasteiger partial charge in [0, 0.05) is 19.7 Å². The minimum atomic E-state index is -3.87. The molecule has 0 aliphatic carbocycles. The summed E-state index contributed by atoms with van der Waals surface area (Å²) in [6.45, 7) is 5.54. The van der Waals surface area contributed by atoms with E-state index < -0.39 is 27.9 Å². The predicted molar refractivity (Wildman–Crippen MR) is 139 cm³/mol. The Hall–Kier alpha value is -2.09. The first-order valence-electron chi connectivity index (χ1n) is 11.5. The third kappa shape index (κ3) is 5.58. The van der Waals surface area contributed by atoms with Crippen LogP contribution in [0.4, 0.5) is 0 Å². The van der Waals surface area contributed by atoms with Gasteiger partial charge in [-0.25, -0.2) is 13.2 Å². The van der Waals surface area contributed by atoms with Crippen LogP contribution in [0.1, 0.15) is 37.0 Å². The maximum atomic E-state index is 13.3. The number of carbonyl (C=O) groups excluding carboxylic acids is 2. The van der Waals surface area contributed by atoms with Gasteiger partial charge in [0.25, 0.3) is 15.9 Å². The number of ether oxygens (including phenoxy) is 2. The molecule has 3 heterocycles. The topological polar surface area (TPSA) is 107 Å². The molecule has 1 aliphatic rings. The molecule has 194 valence electrons. The number of benzene rings is 1. The lowest BCUT2D eigenvalue weighted by Gasteiger charge is -2.20. The zero-order valence-corrected chi connectivity index (χ0v) is 23.0. The Morgan fingerprint density at radius 1 is 1.17 bits per heavy atom. The largest absolute Gasteiger partial charge is 0.462 e. The molecule has 1 unspecified atom stereocenters. The van der Waals surface area contributed by atoms with Gasteiger partial charge in [0.15, 0.2) is 4.80 Å². The van der Waals surface area contributed by atoms with Gasteiger partial charge >= 0.3 is 5.97 Å². The molecule has 1 fully saturated rings. The molecular formula is C23H26ClN3O6S3. The van der Waals surface area contributed by atoms with Gasteiger partial charge in [-0.1, -0.05) is 22.9 Å². The molecule has 0 saturated carbocycles. The summed E-state index contributed by atoms with van der Waals surface area (Å²) in [5.74, 6) is -0.954. The van der Waals surface area contributed by atoms with Gasteiger partial charge < -0.3 is 14.0 Å². The molecule has 0 spiro atoms. The second-order valence-corrected chi connectivity index (χ2v) is 12.8. The van der Waals surface area contributed by atoms with Crippen LogP contribution < -0.4 is 4.80 Å². The highest BCUT2D eigenvalue weighted by molar-refractivity contribution is 7.91. The molecule has 4 rings (SSSR count). The van der Waals surface area contributed by atoms with Crippen molar-refractivity contribution in [3.8, 4) is 0 Å². The van der Waals surface area contributed by atoms with E-state index in [9.17, 15) is 18.0 Å². The van der Waals surface area contributed by atoms with Gasteiger partial charge in [-0.3, -0.25) is 4.79 Å². The van der Waals surface area contributed by atoms with E-state index in [0.717, 1.165) is 21.6 Å². The molecule has 1 aromatic carbocycles. The fraction of sp³-hybridized carbons (Fsp3) is 0.435. The Labute approximate surface area is 222 Å². The van der Waals surface area contributed by atoms with Gasteiger partial charge in [-0.2, -0.15) is 9.30 Å². The summed E-state index contributed by atoms with van der Waals surface area (Å²) >= 11 is 8.16. The van der Waals surface area contributed by atoms with Gasteiger partial charge in [-0.15, -0.1) is 11.3 Å². The number of rotatable bonds is 9. The summed E-state index contributed by atoms with van der Waals surface area (Å²) < 4.78 is 41.3. The zero-order valence-electron chi connectivity index (χ0n) is 19.8. The first-order chi connectivity index (χ1) is 17.3. The minimum Gasteiger partial charge on any atom is -0.462 e. The number of amides is 1. The highest BCUT2D eigenvalue weighted by Crippen LogP contribution is 2.32. The summed E-state index contributed by atoms with van der Waals surface area (Å²) in [5, 5.41) is 0. The van der Waals surface area contributed by atoms with Crippen molar-refractivity contribution in [2.45, 2.75) is 43.5 Å². The molecule has 13 heteroatoms. The first kappa shape index (κ1) is 27.0. The lowest BCUT2D eigenvalue weighted by Crippen LogP contribution is -2.40. The Morgan fingerprint density at radius 2 is 1.97 bits per heavy atom. The van der Waals surface area contributed by atoms with Crippen LogP contribution >= 0.6 is 34.3 Å². The smallest absolute Gasteiger partial charge is 0.338 e. The Kier molecular flexibility index (Phi) is 8.63. The summed E-state index contributed by atoms with van der Waals surface area (Å²) in [5.41, 5.74) is 1.20. The van der Waals surface area contributed by atoms with Crippen molar-refractivity contribution < 1.29 is 27.5 Å². The second kappa shape index (κ2) is 11.5. The van der Waals surface area contributed by atoms with Crippen LogP contribution in [-0.4, -0.2) is 61.6 Å². The summed E-state index contributed by atoms with van der Waals surface area (Å²) in [7, 11) is -3.87. The monoisotopic (exact) mass is 571 g/mol. The van der Waals surface area contributed by atoms with Crippen molar-refractivity contribution in [3.05, 3.63) is 45.0 Å². The van der Waals surface area contributed by atoms with Gasteiger partial charge in [-0.05, 0) is 57.0 Å². The molecule has 1 aliphatic heterocycles. The maximum absolute atomic E-state index is 13.3. The molecule has 36 heavy (non-hydrogen) atoms.